The molecule has 0 amide bonds. The minimum absolute atomic E-state index is 0.0298. The van der Waals surface area contributed by atoms with Gasteiger partial charge in [0.15, 0.2) is 5.16 Å². The Bertz CT molecular complexity index is 460. The summed E-state index contributed by atoms with van der Waals surface area (Å²) in [6.45, 7) is 2.11. The van der Waals surface area contributed by atoms with Crippen LogP contribution in [0.2, 0.25) is 0 Å². The lowest BCUT2D eigenvalue weighted by Gasteiger charge is -2.30. The van der Waals surface area contributed by atoms with Crippen LogP contribution in [0.25, 0.3) is 0 Å². The van der Waals surface area contributed by atoms with Gasteiger partial charge in [-0.3, -0.25) is 4.79 Å². The minimum Gasteiger partial charge on any atom is -0.316 e. The zero-order valence-corrected chi connectivity index (χ0v) is 12.6. The Hall–Kier alpha value is -0.810. The Kier molecular flexibility index (Phi) is 5.45. The Morgan fingerprint density at radius 3 is 3.00 bits per heavy atom. The number of nitrogens with zero attached hydrogens (tertiary/aromatic N) is 1. The van der Waals surface area contributed by atoms with Crippen LogP contribution >= 0.6 is 11.8 Å². The van der Waals surface area contributed by atoms with E-state index in [1.807, 2.05) is 7.05 Å². The highest BCUT2D eigenvalue weighted by atomic mass is 32.2. The van der Waals surface area contributed by atoms with Gasteiger partial charge in [0.2, 0.25) is 0 Å². The molecule has 0 aromatic carbocycles. The van der Waals surface area contributed by atoms with Gasteiger partial charge in [0.25, 0.3) is 5.56 Å². The normalized spacial score (nSPS) is 23.5. The molecular formula is C14H23N3OS. The molecule has 0 radical (unpaired) electrons. The third-order valence-corrected chi connectivity index (χ3v) is 4.90. The highest BCUT2D eigenvalue weighted by Gasteiger charge is 2.25. The van der Waals surface area contributed by atoms with E-state index in [9.17, 15) is 4.79 Å². The van der Waals surface area contributed by atoms with Gasteiger partial charge in [-0.25, -0.2) is 4.98 Å². The zero-order chi connectivity index (χ0) is 13.7. The number of aromatic nitrogens is 2. The molecule has 0 aliphatic heterocycles. The molecule has 1 aliphatic rings. The molecule has 4 nitrogen and oxygen atoms in total. The van der Waals surface area contributed by atoms with Crippen LogP contribution in [-0.2, 0) is 6.42 Å². The first kappa shape index (κ1) is 14.6. The second kappa shape index (κ2) is 7.10. The summed E-state index contributed by atoms with van der Waals surface area (Å²) in [5.41, 5.74) is 0.878. The van der Waals surface area contributed by atoms with Crippen molar-refractivity contribution in [1.82, 2.24) is 15.3 Å². The number of rotatable bonds is 5. The van der Waals surface area contributed by atoms with Gasteiger partial charge in [-0.2, -0.15) is 0 Å². The molecule has 0 spiro atoms. The maximum atomic E-state index is 11.7. The summed E-state index contributed by atoms with van der Waals surface area (Å²) < 4.78 is 0. The predicted octanol–water partition coefficient (Wildman–Crippen LogP) is 2.35. The molecule has 2 unspecified atom stereocenters. The fraction of sp³-hybridized carbons (Fsp3) is 0.714. The van der Waals surface area contributed by atoms with Crippen molar-refractivity contribution in [3.8, 4) is 0 Å². The van der Waals surface area contributed by atoms with Gasteiger partial charge in [-0.1, -0.05) is 37.9 Å². The summed E-state index contributed by atoms with van der Waals surface area (Å²) >= 11 is 1.72. The zero-order valence-electron chi connectivity index (χ0n) is 11.7. The molecule has 5 heteroatoms. The maximum Gasteiger partial charge on any atom is 0.251 e. The van der Waals surface area contributed by atoms with E-state index in [1.54, 1.807) is 17.8 Å². The molecule has 106 valence electrons. The highest BCUT2D eigenvalue weighted by Crippen LogP contribution is 2.31. The summed E-state index contributed by atoms with van der Waals surface area (Å²) in [6.07, 6.45) is 6.86. The van der Waals surface area contributed by atoms with Crippen molar-refractivity contribution >= 4 is 11.8 Å². The summed E-state index contributed by atoms with van der Waals surface area (Å²) in [7, 11) is 2.02. The van der Waals surface area contributed by atoms with Gasteiger partial charge in [-0.15, -0.1) is 0 Å². The fourth-order valence-electron chi connectivity index (χ4n) is 2.64. The molecular weight excluding hydrogens is 258 g/mol. The molecule has 1 fully saturated rings. The first-order valence-electron chi connectivity index (χ1n) is 7.17. The Morgan fingerprint density at radius 2 is 2.26 bits per heavy atom. The van der Waals surface area contributed by atoms with Crippen LogP contribution in [0.3, 0.4) is 0 Å². The van der Waals surface area contributed by atoms with Crippen LogP contribution in [0.15, 0.2) is 16.0 Å². The van der Waals surface area contributed by atoms with Crippen LogP contribution in [-0.4, -0.2) is 28.3 Å². The molecule has 2 atom stereocenters. The van der Waals surface area contributed by atoms with E-state index in [0.717, 1.165) is 23.7 Å². The van der Waals surface area contributed by atoms with E-state index in [4.69, 9.17) is 0 Å². The molecule has 19 heavy (non-hydrogen) atoms. The van der Waals surface area contributed by atoms with Crippen LogP contribution in [0, 0.1) is 0 Å². The third kappa shape index (κ3) is 4.08. The first-order valence-corrected chi connectivity index (χ1v) is 8.05. The molecule has 1 aromatic heterocycles. The largest absolute Gasteiger partial charge is 0.316 e. The van der Waals surface area contributed by atoms with Gasteiger partial charge in [-0.05, 0) is 26.3 Å². The van der Waals surface area contributed by atoms with Crippen LogP contribution in [0.4, 0.5) is 0 Å². The van der Waals surface area contributed by atoms with Crippen molar-refractivity contribution < 1.29 is 0 Å². The number of hydrogen-bond donors (Lipinski definition) is 2. The summed E-state index contributed by atoms with van der Waals surface area (Å²) in [5, 5.41) is 4.68. The van der Waals surface area contributed by atoms with Crippen molar-refractivity contribution in [3.63, 3.8) is 0 Å². The lowest BCUT2D eigenvalue weighted by Crippen LogP contribution is -2.38. The second-order valence-corrected chi connectivity index (χ2v) is 6.36. The quantitative estimate of drug-likeness (QED) is 0.813. The van der Waals surface area contributed by atoms with E-state index in [0.29, 0.717) is 11.3 Å². The summed E-state index contributed by atoms with van der Waals surface area (Å²) in [6, 6.07) is 2.14. The topological polar surface area (TPSA) is 57.8 Å². The monoisotopic (exact) mass is 281 g/mol. The molecule has 1 saturated carbocycles. The molecule has 1 aromatic rings. The second-order valence-electron chi connectivity index (χ2n) is 5.13. The molecule has 0 saturated heterocycles. The molecule has 2 rings (SSSR count). The third-order valence-electron chi connectivity index (χ3n) is 3.62. The molecule has 1 heterocycles. The van der Waals surface area contributed by atoms with E-state index in [2.05, 4.69) is 22.2 Å². The summed E-state index contributed by atoms with van der Waals surface area (Å²) in [5.74, 6) is 0. The van der Waals surface area contributed by atoms with Crippen molar-refractivity contribution in [1.29, 1.82) is 0 Å². The average Bonchev–Trinajstić information content (AvgIpc) is 2.39. The fourth-order valence-corrected chi connectivity index (χ4v) is 3.97. The predicted molar refractivity (Wildman–Crippen MR) is 79.8 cm³/mol. The van der Waals surface area contributed by atoms with Gasteiger partial charge in [0.05, 0.1) is 0 Å². The number of hydrogen-bond acceptors (Lipinski definition) is 4. The van der Waals surface area contributed by atoms with Crippen molar-refractivity contribution in [2.75, 3.05) is 7.05 Å². The Morgan fingerprint density at radius 1 is 1.47 bits per heavy atom. The number of nitrogens with one attached hydrogen (secondary N) is 2. The SMILES string of the molecule is CCCc1cc(=O)[nH]c(SC2CCCCC2NC)n1. The lowest BCUT2D eigenvalue weighted by atomic mass is 9.95. The van der Waals surface area contributed by atoms with Gasteiger partial charge in [0.1, 0.15) is 0 Å². The van der Waals surface area contributed by atoms with E-state index in [-0.39, 0.29) is 5.56 Å². The lowest BCUT2D eigenvalue weighted by molar-refractivity contribution is 0.405. The van der Waals surface area contributed by atoms with Gasteiger partial charge < -0.3 is 10.3 Å². The Balaban J connectivity index is 2.10. The summed E-state index contributed by atoms with van der Waals surface area (Å²) in [4.78, 5) is 19.1. The molecule has 2 N–H and O–H groups in total. The highest BCUT2D eigenvalue weighted by molar-refractivity contribution is 7.99. The van der Waals surface area contributed by atoms with Gasteiger partial charge in [0, 0.05) is 23.1 Å². The van der Waals surface area contributed by atoms with Crippen LogP contribution in [0.1, 0.15) is 44.7 Å². The maximum absolute atomic E-state index is 11.7. The standard InChI is InChI=1S/C14H23N3OS/c1-3-6-10-9-13(18)17-14(16-10)19-12-8-5-4-7-11(12)15-2/h9,11-12,15H,3-8H2,1-2H3,(H,16,17,18). The van der Waals surface area contributed by atoms with E-state index < -0.39 is 0 Å². The smallest absolute Gasteiger partial charge is 0.251 e. The number of thioether (sulfide) groups is 1. The van der Waals surface area contributed by atoms with Gasteiger partial charge >= 0.3 is 0 Å². The van der Waals surface area contributed by atoms with Crippen molar-refractivity contribution in [2.45, 2.75) is 61.9 Å². The number of H-pyrrole nitrogens is 1. The average molecular weight is 281 g/mol. The van der Waals surface area contributed by atoms with Crippen LogP contribution < -0.4 is 10.9 Å². The number of aromatic amines is 1. The van der Waals surface area contributed by atoms with E-state index >= 15 is 0 Å². The molecule has 1 aliphatic carbocycles. The van der Waals surface area contributed by atoms with E-state index in [1.165, 1.54) is 25.7 Å². The number of aryl methyl sites for hydroxylation is 1. The Labute approximate surface area is 118 Å². The van der Waals surface area contributed by atoms with Crippen molar-refractivity contribution in [3.05, 3.63) is 22.1 Å². The molecule has 0 bridgehead atoms. The van der Waals surface area contributed by atoms with Crippen molar-refractivity contribution in [2.24, 2.45) is 0 Å². The van der Waals surface area contributed by atoms with Crippen LogP contribution in [0.5, 0.6) is 0 Å². The first-order chi connectivity index (χ1) is 9.22. The minimum atomic E-state index is -0.0298.